The van der Waals surface area contributed by atoms with Crippen molar-refractivity contribution in [3.8, 4) is 0 Å². The third-order valence-electron chi connectivity index (χ3n) is 0.879. The summed E-state index contributed by atoms with van der Waals surface area (Å²) in [5, 5.41) is 17.1. The third kappa shape index (κ3) is 5.76. The molecule has 0 aromatic rings. The van der Waals surface area contributed by atoms with Crippen LogP contribution in [0.1, 0.15) is 13.8 Å². The summed E-state index contributed by atoms with van der Waals surface area (Å²) in [7, 11) is 0. The molecule has 0 amide bonds. The molecule has 0 fully saturated rings. The second-order valence-corrected chi connectivity index (χ2v) is 2.18. The average molecular weight is 134 g/mol. The highest BCUT2D eigenvalue weighted by Crippen LogP contribution is 1.90. The van der Waals surface area contributed by atoms with E-state index in [4.69, 9.17) is 14.9 Å². The van der Waals surface area contributed by atoms with Crippen molar-refractivity contribution in [3.63, 3.8) is 0 Å². The normalized spacial score (nSPS) is 17.3. The van der Waals surface area contributed by atoms with Gasteiger partial charge in [0.05, 0.1) is 25.4 Å². The van der Waals surface area contributed by atoms with Gasteiger partial charge in [0.1, 0.15) is 0 Å². The first-order valence-electron chi connectivity index (χ1n) is 3.07. The summed E-state index contributed by atoms with van der Waals surface area (Å²) in [5.41, 5.74) is 0. The van der Waals surface area contributed by atoms with E-state index >= 15 is 0 Å². The maximum absolute atomic E-state index is 8.69. The molecule has 0 saturated heterocycles. The Morgan fingerprint density at radius 2 is 2.00 bits per heavy atom. The Morgan fingerprint density at radius 3 is 2.33 bits per heavy atom. The zero-order valence-electron chi connectivity index (χ0n) is 5.87. The predicted molar refractivity (Wildman–Crippen MR) is 34.2 cm³/mol. The molecule has 56 valence electrons. The Balaban J connectivity index is 3.06. The molecule has 0 aliphatic carbocycles. The van der Waals surface area contributed by atoms with Crippen LogP contribution in [0.25, 0.3) is 0 Å². The van der Waals surface area contributed by atoms with Crippen LogP contribution in [0.2, 0.25) is 0 Å². The van der Waals surface area contributed by atoms with Gasteiger partial charge in [0.25, 0.3) is 0 Å². The van der Waals surface area contributed by atoms with Crippen LogP contribution in [-0.4, -0.2) is 35.6 Å². The van der Waals surface area contributed by atoms with Crippen molar-refractivity contribution in [2.45, 2.75) is 26.1 Å². The van der Waals surface area contributed by atoms with Gasteiger partial charge in [-0.3, -0.25) is 0 Å². The van der Waals surface area contributed by atoms with Crippen LogP contribution in [-0.2, 0) is 4.74 Å². The maximum atomic E-state index is 8.69. The Hall–Kier alpha value is -0.120. The molecule has 0 saturated carbocycles. The zero-order valence-corrected chi connectivity index (χ0v) is 5.87. The van der Waals surface area contributed by atoms with Crippen LogP contribution in [0.5, 0.6) is 0 Å². The molecule has 0 aliphatic heterocycles. The molecule has 0 rings (SSSR count). The van der Waals surface area contributed by atoms with Gasteiger partial charge >= 0.3 is 0 Å². The fourth-order valence-corrected chi connectivity index (χ4v) is 0.356. The van der Waals surface area contributed by atoms with Crippen molar-refractivity contribution >= 4 is 0 Å². The summed E-state index contributed by atoms with van der Waals surface area (Å²) in [6, 6.07) is 0. The van der Waals surface area contributed by atoms with Gasteiger partial charge in [0.2, 0.25) is 0 Å². The molecule has 2 N–H and O–H groups in total. The fourth-order valence-electron chi connectivity index (χ4n) is 0.356. The highest BCUT2D eigenvalue weighted by molar-refractivity contribution is 4.47. The lowest BCUT2D eigenvalue weighted by atomic mass is 10.4. The van der Waals surface area contributed by atoms with Crippen molar-refractivity contribution in [3.05, 3.63) is 0 Å². The standard InChI is InChI=1S/C6H14O3/c1-5(8)4-9-6(2)3-7/h5-8H,3-4H2,1-2H3/t5-,6+/m1/s1. The second-order valence-electron chi connectivity index (χ2n) is 2.18. The molecule has 3 heteroatoms. The van der Waals surface area contributed by atoms with E-state index in [0.717, 1.165) is 0 Å². The minimum Gasteiger partial charge on any atom is -0.394 e. The van der Waals surface area contributed by atoms with Crippen LogP contribution in [0.15, 0.2) is 0 Å². The molecule has 0 unspecified atom stereocenters. The Kier molecular flexibility index (Phi) is 4.67. The summed E-state index contributed by atoms with van der Waals surface area (Å²) in [6.07, 6.45) is -0.612. The van der Waals surface area contributed by atoms with E-state index in [2.05, 4.69) is 0 Å². The van der Waals surface area contributed by atoms with Crippen molar-refractivity contribution in [1.82, 2.24) is 0 Å². The van der Waals surface area contributed by atoms with Crippen LogP contribution < -0.4 is 0 Å². The minimum atomic E-state index is -0.445. The molecule has 0 bridgehead atoms. The Morgan fingerprint density at radius 1 is 1.44 bits per heavy atom. The van der Waals surface area contributed by atoms with E-state index in [1.165, 1.54) is 0 Å². The molecule has 3 nitrogen and oxygen atoms in total. The lowest BCUT2D eigenvalue weighted by Crippen LogP contribution is -2.19. The summed E-state index contributed by atoms with van der Waals surface area (Å²) in [4.78, 5) is 0. The highest BCUT2D eigenvalue weighted by atomic mass is 16.5. The third-order valence-corrected chi connectivity index (χ3v) is 0.879. The molecule has 9 heavy (non-hydrogen) atoms. The van der Waals surface area contributed by atoms with E-state index in [0.29, 0.717) is 6.61 Å². The van der Waals surface area contributed by atoms with Gasteiger partial charge in [-0.05, 0) is 13.8 Å². The largest absolute Gasteiger partial charge is 0.394 e. The lowest BCUT2D eigenvalue weighted by Gasteiger charge is -2.10. The monoisotopic (exact) mass is 134 g/mol. The van der Waals surface area contributed by atoms with Gasteiger partial charge < -0.3 is 14.9 Å². The zero-order chi connectivity index (χ0) is 7.28. The first-order valence-corrected chi connectivity index (χ1v) is 3.07. The van der Waals surface area contributed by atoms with Crippen LogP contribution in [0, 0.1) is 0 Å². The van der Waals surface area contributed by atoms with Crippen molar-refractivity contribution in [2.75, 3.05) is 13.2 Å². The molecule has 0 spiro atoms. The number of hydrogen-bond acceptors (Lipinski definition) is 3. The second kappa shape index (κ2) is 4.73. The molecule has 2 atom stereocenters. The van der Waals surface area contributed by atoms with Crippen molar-refractivity contribution < 1.29 is 14.9 Å². The average Bonchev–Trinajstić information content (AvgIpc) is 1.83. The Bertz CT molecular complexity index is 63.3. The summed E-state index contributed by atoms with van der Waals surface area (Å²) < 4.78 is 4.95. The number of ether oxygens (including phenoxy) is 1. The quantitative estimate of drug-likeness (QED) is 0.558. The molecule has 0 radical (unpaired) electrons. The maximum Gasteiger partial charge on any atom is 0.0779 e. The number of hydrogen-bond donors (Lipinski definition) is 2. The smallest absolute Gasteiger partial charge is 0.0779 e. The van der Waals surface area contributed by atoms with E-state index in [-0.39, 0.29) is 12.7 Å². The first kappa shape index (κ1) is 8.88. The predicted octanol–water partition coefficient (Wildman–Crippen LogP) is -0.235. The van der Waals surface area contributed by atoms with Gasteiger partial charge in [-0.15, -0.1) is 0 Å². The molecule has 0 aromatic carbocycles. The molecular formula is C6H14O3. The summed E-state index contributed by atoms with van der Waals surface area (Å²) >= 11 is 0. The molecule has 0 aromatic heterocycles. The van der Waals surface area contributed by atoms with E-state index < -0.39 is 6.10 Å². The van der Waals surface area contributed by atoms with Gasteiger partial charge in [-0.2, -0.15) is 0 Å². The van der Waals surface area contributed by atoms with E-state index in [1.54, 1.807) is 13.8 Å². The molecular weight excluding hydrogens is 120 g/mol. The SMILES string of the molecule is C[C@@H](O)CO[C@@H](C)CO. The molecule has 0 aliphatic rings. The highest BCUT2D eigenvalue weighted by Gasteiger charge is 2.00. The number of aliphatic hydroxyl groups is 2. The van der Waals surface area contributed by atoms with Gasteiger partial charge in [-0.25, -0.2) is 0 Å². The van der Waals surface area contributed by atoms with Gasteiger partial charge in [0.15, 0.2) is 0 Å². The number of aliphatic hydroxyl groups excluding tert-OH is 2. The topological polar surface area (TPSA) is 49.7 Å². The van der Waals surface area contributed by atoms with Crippen LogP contribution in [0.3, 0.4) is 0 Å². The molecule has 0 heterocycles. The van der Waals surface area contributed by atoms with Crippen LogP contribution >= 0.6 is 0 Å². The fraction of sp³-hybridized carbons (Fsp3) is 1.00. The Labute approximate surface area is 55.3 Å². The van der Waals surface area contributed by atoms with Crippen molar-refractivity contribution in [2.24, 2.45) is 0 Å². The van der Waals surface area contributed by atoms with Gasteiger partial charge in [0, 0.05) is 0 Å². The summed E-state index contributed by atoms with van der Waals surface area (Å²) in [6.45, 7) is 3.70. The van der Waals surface area contributed by atoms with Gasteiger partial charge in [-0.1, -0.05) is 0 Å². The van der Waals surface area contributed by atoms with E-state index in [9.17, 15) is 0 Å². The van der Waals surface area contributed by atoms with Crippen LogP contribution in [0.4, 0.5) is 0 Å². The summed E-state index contributed by atoms with van der Waals surface area (Å²) in [5.74, 6) is 0. The van der Waals surface area contributed by atoms with Crippen molar-refractivity contribution in [1.29, 1.82) is 0 Å². The lowest BCUT2D eigenvalue weighted by molar-refractivity contribution is -0.0177. The number of rotatable bonds is 4. The van der Waals surface area contributed by atoms with E-state index in [1.807, 2.05) is 0 Å². The first-order chi connectivity index (χ1) is 4.16. The minimum absolute atomic E-state index is 0.00667.